The second-order valence-corrected chi connectivity index (χ2v) is 6.92. The van der Waals surface area contributed by atoms with E-state index < -0.39 is 14.7 Å². The highest BCUT2D eigenvalue weighted by Crippen LogP contribution is 2.44. The molecule has 1 saturated carbocycles. The van der Waals surface area contributed by atoms with Crippen LogP contribution in [0.2, 0.25) is 0 Å². The molecule has 0 aliphatic heterocycles. The lowest BCUT2D eigenvalue weighted by Gasteiger charge is -2.16. The van der Waals surface area contributed by atoms with Gasteiger partial charge in [-0.2, -0.15) is 0 Å². The van der Waals surface area contributed by atoms with Crippen molar-refractivity contribution in [3.05, 3.63) is 23.3 Å². The summed E-state index contributed by atoms with van der Waals surface area (Å²) < 4.78 is 29.9. The first kappa shape index (κ1) is 12.4. The molecule has 17 heavy (non-hydrogen) atoms. The van der Waals surface area contributed by atoms with Gasteiger partial charge in [0.05, 0.1) is 7.11 Å². The molecular formula is C12H17NO3S. The van der Waals surface area contributed by atoms with Crippen molar-refractivity contribution in [1.82, 2.24) is 0 Å². The van der Waals surface area contributed by atoms with Gasteiger partial charge in [-0.15, -0.1) is 0 Å². The Morgan fingerprint density at radius 1 is 1.24 bits per heavy atom. The summed E-state index contributed by atoms with van der Waals surface area (Å²) in [6.07, 6.45) is 1.04. The third-order valence-electron chi connectivity index (χ3n) is 3.35. The molecule has 0 saturated heterocycles. The number of ether oxygens (including phenoxy) is 1. The minimum Gasteiger partial charge on any atom is -0.495 e. The van der Waals surface area contributed by atoms with Crippen LogP contribution in [0.3, 0.4) is 0 Å². The van der Waals surface area contributed by atoms with Gasteiger partial charge in [0.1, 0.15) is 15.5 Å². The molecule has 0 heterocycles. The van der Waals surface area contributed by atoms with Crippen molar-refractivity contribution in [3.63, 3.8) is 0 Å². The molecule has 1 aromatic rings. The van der Waals surface area contributed by atoms with Gasteiger partial charge >= 0.3 is 0 Å². The van der Waals surface area contributed by atoms with E-state index in [0.717, 1.165) is 11.1 Å². The molecular weight excluding hydrogens is 238 g/mol. The van der Waals surface area contributed by atoms with Crippen LogP contribution < -0.4 is 10.5 Å². The zero-order chi connectivity index (χ0) is 12.8. The Labute approximate surface area is 102 Å². The Kier molecular flexibility index (Phi) is 2.71. The highest BCUT2D eigenvalue weighted by molar-refractivity contribution is 7.93. The zero-order valence-corrected chi connectivity index (χ0v) is 11.1. The minimum atomic E-state index is -3.49. The lowest BCUT2D eigenvalue weighted by molar-refractivity contribution is 0.401. The van der Waals surface area contributed by atoms with E-state index in [1.54, 1.807) is 12.1 Å². The first-order valence-electron chi connectivity index (χ1n) is 5.50. The highest BCUT2D eigenvalue weighted by atomic mass is 32.2. The summed E-state index contributed by atoms with van der Waals surface area (Å²) in [4.78, 5) is -0.870. The Morgan fingerprint density at radius 3 is 2.24 bits per heavy atom. The van der Waals surface area contributed by atoms with E-state index in [2.05, 4.69) is 0 Å². The van der Waals surface area contributed by atoms with E-state index in [-0.39, 0.29) is 4.90 Å². The molecule has 1 aliphatic carbocycles. The van der Waals surface area contributed by atoms with Gasteiger partial charge in [0, 0.05) is 0 Å². The van der Waals surface area contributed by atoms with Gasteiger partial charge in [-0.05, 0) is 49.9 Å². The monoisotopic (exact) mass is 255 g/mol. The van der Waals surface area contributed by atoms with Crippen molar-refractivity contribution in [2.24, 2.45) is 5.73 Å². The Morgan fingerprint density at radius 2 is 1.76 bits per heavy atom. The molecule has 1 aliphatic rings. The number of nitrogens with two attached hydrogens (primary N) is 1. The summed E-state index contributed by atoms with van der Waals surface area (Å²) in [7, 11) is -2.02. The summed E-state index contributed by atoms with van der Waals surface area (Å²) in [6, 6.07) is 3.39. The Balaban J connectivity index is 2.63. The summed E-state index contributed by atoms with van der Waals surface area (Å²) in [5.74, 6) is 0.379. The molecule has 94 valence electrons. The van der Waals surface area contributed by atoms with Crippen LogP contribution >= 0.6 is 0 Å². The summed E-state index contributed by atoms with van der Waals surface area (Å²) in [5, 5.41) is 0. The topological polar surface area (TPSA) is 69.4 Å². The zero-order valence-electron chi connectivity index (χ0n) is 10.3. The molecule has 1 aromatic carbocycles. The number of hydrogen-bond acceptors (Lipinski definition) is 4. The van der Waals surface area contributed by atoms with Crippen LogP contribution in [0, 0.1) is 13.8 Å². The highest BCUT2D eigenvalue weighted by Gasteiger charge is 2.52. The van der Waals surface area contributed by atoms with Crippen molar-refractivity contribution >= 4 is 9.84 Å². The fourth-order valence-electron chi connectivity index (χ4n) is 1.74. The maximum absolute atomic E-state index is 12.4. The second-order valence-electron chi connectivity index (χ2n) is 4.66. The average Bonchev–Trinajstić information content (AvgIpc) is 3.01. The SMILES string of the molecule is COc1cc(C)c(C)cc1S(=O)(=O)C1(N)CC1. The number of benzene rings is 1. The number of hydrogen-bond donors (Lipinski definition) is 1. The molecule has 2 rings (SSSR count). The van der Waals surface area contributed by atoms with E-state index in [0.29, 0.717) is 18.6 Å². The van der Waals surface area contributed by atoms with Gasteiger partial charge in [0.15, 0.2) is 0 Å². The Bertz CT molecular complexity index is 559. The van der Waals surface area contributed by atoms with Gasteiger partial charge in [0.25, 0.3) is 0 Å². The first-order valence-corrected chi connectivity index (χ1v) is 6.99. The minimum absolute atomic E-state index is 0.211. The largest absolute Gasteiger partial charge is 0.495 e. The molecule has 0 radical (unpaired) electrons. The van der Waals surface area contributed by atoms with Gasteiger partial charge < -0.3 is 10.5 Å². The molecule has 4 nitrogen and oxygen atoms in total. The molecule has 1 fully saturated rings. The standard InChI is InChI=1S/C12H17NO3S/c1-8-6-10(16-3)11(7-9(8)2)17(14,15)12(13)4-5-12/h6-7H,4-5,13H2,1-3H3. The van der Waals surface area contributed by atoms with Crippen LogP contribution in [-0.2, 0) is 9.84 Å². The van der Waals surface area contributed by atoms with Gasteiger partial charge in [0.2, 0.25) is 9.84 Å². The molecule has 0 unspecified atom stereocenters. The van der Waals surface area contributed by atoms with Crippen LogP contribution in [0.5, 0.6) is 5.75 Å². The smallest absolute Gasteiger partial charge is 0.200 e. The van der Waals surface area contributed by atoms with E-state index in [4.69, 9.17) is 10.5 Å². The molecule has 5 heteroatoms. The number of rotatable bonds is 3. The van der Waals surface area contributed by atoms with Crippen molar-refractivity contribution < 1.29 is 13.2 Å². The molecule has 2 N–H and O–H groups in total. The number of methoxy groups -OCH3 is 1. The molecule has 0 spiro atoms. The van der Waals surface area contributed by atoms with Crippen molar-refractivity contribution in [1.29, 1.82) is 0 Å². The third-order valence-corrected chi connectivity index (χ3v) is 5.72. The quantitative estimate of drug-likeness (QED) is 0.889. The van der Waals surface area contributed by atoms with E-state index in [1.807, 2.05) is 13.8 Å². The van der Waals surface area contributed by atoms with Crippen LogP contribution in [-0.4, -0.2) is 20.4 Å². The van der Waals surface area contributed by atoms with Crippen LogP contribution in [0.25, 0.3) is 0 Å². The van der Waals surface area contributed by atoms with E-state index in [9.17, 15) is 8.42 Å². The van der Waals surface area contributed by atoms with Crippen molar-refractivity contribution in [2.45, 2.75) is 36.5 Å². The second kappa shape index (κ2) is 3.71. The molecule has 0 aromatic heterocycles. The van der Waals surface area contributed by atoms with Gasteiger partial charge in [-0.1, -0.05) is 0 Å². The Hall–Kier alpha value is -1.07. The summed E-state index contributed by atoms with van der Waals surface area (Å²) >= 11 is 0. The number of sulfone groups is 1. The fraction of sp³-hybridized carbons (Fsp3) is 0.500. The predicted molar refractivity (Wildman–Crippen MR) is 65.8 cm³/mol. The maximum atomic E-state index is 12.4. The van der Waals surface area contributed by atoms with E-state index >= 15 is 0 Å². The lowest BCUT2D eigenvalue weighted by Crippen LogP contribution is -2.33. The fourth-order valence-corrected chi connectivity index (χ4v) is 3.56. The molecule has 0 bridgehead atoms. The van der Waals surface area contributed by atoms with Crippen LogP contribution in [0.15, 0.2) is 17.0 Å². The predicted octanol–water partition coefficient (Wildman–Crippen LogP) is 1.53. The van der Waals surface area contributed by atoms with Gasteiger partial charge in [-0.3, -0.25) is 0 Å². The normalized spacial score (nSPS) is 17.9. The van der Waals surface area contributed by atoms with Gasteiger partial charge in [-0.25, -0.2) is 8.42 Å². The van der Waals surface area contributed by atoms with E-state index in [1.165, 1.54) is 7.11 Å². The summed E-state index contributed by atoms with van der Waals surface area (Å²) in [6.45, 7) is 3.80. The lowest BCUT2D eigenvalue weighted by atomic mass is 10.1. The third kappa shape index (κ3) is 1.83. The van der Waals surface area contributed by atoms with Crippen molar-refractivity contribution in [3.8, 4) is 5.75 Å². The number of aryl methyl sites for hydroxylation is 2. The van der Waals surface area contributed by atoms with Crippen molar-refractivity contribution in [2.75, 3.05) is 7.11 Å². The molecule has 0 amide bonds. The van der Waals surface area contributed by atoms with Crippen LogP contribution in [0.1, 0.15) is 24.0 Å². The summed E-state index contributed by atoms with van der Waals surface area (Å²) in [5.41, 5.74) is 7.75. The molecule has 0 atom stereocenters. The van der Waals surface area contributed by atoms with Crippen LogP contribution in [0.4, 0.5) is 0 Å². The first-order chi connectivity index (χ1) is 7.82. The average molecular weight is 255 g/mol. The maximum Gasteiger partial charge on any atom is 0.200 e.